The van der Waals surface area contributed by atoms with Crippen LogP contribution in [0.15, 0.2) is 53.9 Å². The highest BCUT2D eigenvalue weighted by molar-refractivity contribution is 7.14. The summed E-state index contributed by atoms with van der Waals surface area (Å²) in [6, 6.07) is 14.6. The summed E-state index contributed by atoms with van der Waals surface area (Å²) < 4.78 is 13.3. The average Bonchev–Trinajstić information content (AvgIpc) is 3.07. The molecule has 1 heterocycles. The molecule has 0 unspecified atom stereocenters. The summed E-state index contributed by atoms with van der Waals surface area (Å²) in [6.07, 6.45) is 0. The van der Waals surface area contributed by atoms with Gasteiger partial charge in [-0.2, -0.15) is 0 Å². The highest BCUT2D eigenvalue weighted by atomic mass is 32.1. The number of hydrogen-bond acceptors (Lipinski definition) is 4. The molecule has 6 heteroatoms. The van der Waals surface area contributed by atoms with E-state index in [0.29, 0.717) is 23.8 Å². The van der Waals surface area contributed by atoms with Crippen molar-refractivity contribution in [2.24, 2.45) is 0 Å². The van der Waals surface area contributed by atoms with Crippen LogP contribution in [0, 0.1) is 12.7 Å². The summed E-state index contributed by atoms with van der Waals surface area (Å²) in [5.41, 5.74) is 3.33. The highest BCUT2D eigenvalue weighted by Gasteiger charge is 2.17. The minimum absolute atomic E-state index is 0.0770. The number of thiazole rings is 1. The number of aryl methyl sites for hydroxylation is 1. The number of carbonyl (C=O) groups excluding carboxylic acids is 1. The van der Waals surface area contributed by atoms with Gasteiger partial charge < -0.3 is 5.32 Å². The zero-order valence-electron chi connectivity index (χ0n) is 14.7. The van der Waals surface area contributed by atoms with Gasteiger partial charge in [-0.05, 0) is 36.2 Å². The summed E-state index contributed by atoms with van der Waals surface area (Å²) in [7, 11) is 0. The standard InChI is InChI=1S/C20H20FN3OS/c1-14-10-16(8-9-19(14)21)11-22-12-17-13-26-20(23-17)24(15(2)25)18-6-4-3-5-7-18/h3-10,13,22H,11-12H2,1-2H3. The molecule has 0 fully saturated rings. The van der Waals surface area contributed by atoms with Gasteiger partial charge in [-0.1, -0.05) is 30.3 Å². The van der Waals surface area contributed by atoms with Gasteiger partial charge in [0, 0.05) is 25.4 Å². The number of rotatable bonds is 6. The van der Waals surface area contributed by atoms with Crippen LogP contribution in [0.4, 0.5) is 15.2 Å². The Bertz CT molecular complexity index is 895. The minimum Gasteiger partial charge on any atom is -0.307 e. The number of hydrogen-bond donors (Lipinski definition) is 1. The molecule has 0 spiro atoms. The van der Waals surface area contributed by atoms with E-state index >= 15 is 0 Å². The largest absolute Gasteiger partial charge is 0.307 e. The summed E-state index contributed by atoms with van der Waals surface area (Å²) in [5, 5.41) is 5.90. The molecule has 0 bridgehead atoms. The molecule has 0 aliphatic heterocycles. The Balaban J connectivity index is 1.65. The van der Waals surface area contributed by atoms with E-state index in [9.17, 15) is 9.18 Å². The Labute approximate surface area is 156 Å². The highest BCUT2D eigenvalue weighted by Crippen LogP contribution is 2.28. The second-order valence-corrected chi connectivity index (χ2v) is 6.84. The van der Waals surface area contributed by atoms with Gasteiger partial charge in [0.2, 0.25) is 5.91 Å². The molecule has 0 aliphatic rings. The maximum atomic E-state index is 13.3. The molecule has 1 aromatic heterocycles. The number of carbonyl (C=O) groups is 1. The maximum absolute atomic E-state index is 13.3. The third kappa shape index (κ3) is 4.33. The lowest BCUT2D eigenvalue weighted by molar-refractivity contribution is -0.115. The normalized spacial score (nSPS) is 10.7. The molecular weight excluding hydrogens is 349 g/mol. The summed E-state index contributed by atoms with van der Waals surface area (Å²) in [5.74, 6) is -0.269. The van der Waals surface area contributed by atoms with Crippen molar-refractivity contribution in [2.45, 2.75) is 26.9 Å². The van der Waals surface area contributed by atoms with E-state index in [-0.39, 0.29) is 11.7 Å². The number of aromatic nitrogens is 1. The number of nitrogens with one attached hydrogen (secondary N) is 1. The summed E-state index contributed by atoms with van der Waals surface area (Å²) >= 11 is 1.44. The lowest BCUT2D eigenvalue weighted by Crippen LogP contribution is -2.22. The summed E-state index contributed by atoms with van der Waals surface area (Å²) in [6.45, 7) is 4.49. The molecule has 0 saturated carbocycles. The van der Waals surface area contributed by atoms with Crippen LogP contribution in [-0.4, -0.2) is 10.9 Å². The van der Waals surface area contributed by atoms with Crippen LogP contribution in [0.3, 0.4) is 0 Å². The molecule has 0 aliphatic carbocycles. The molecular formula is C20H20FN3OS. The monoisotopic (exact) mass is 369 g/mol. The van der Waals surface area contributed by atoms with Gasteiger partial charge >= 0.3 is 0 Å². The quantitative estimate of drug-likeness (QED) is 0.692. The lowest BCUT2D eigenvalue weighted by atomic mass is 10.1. The van der Waals surface area contributed by atoms with Gasteiger partial charge in [-0.25, -0.2) is 9.37 Å². The number of para-hydroxylation sites is 1. The van der Waals surface area contributed by atoms with Crippen LogP contribution in [0.25, 0.3) is 0 Å². The van der Waals surface area contributed by atoms with Gasteiger partial charge in [0.25, 0.3) is 0 Å². The van der Waals surface area contributed by atoms with Crippen LogP contribution in [-0.2, 0) is 17.9 Å². The molecule has 0 radical (unpaired) electrons. The lowest BCUT2D eigenvalue weighted by Gasteiger charge is -2.17. The Morgan fingerprint density at radius 1 is 1.19 bits per heavy atom. The molecule has 3 aromatic rings. The SMILES string of the molecule is CC(=O)N(c1ccccc1)c1nc(CNCc2ccc(F)c(C)c2)cs1. The van der Waals surface area contributed by atoms with Crippen molar-refractivity contribution >= 4 is 28.1 Å². The van der Waals surface area contributed by atoms with E-state index in [1.165, 1.54) is 24.3 Å². The first-order valence-corrected chi connectivity index (χ1v) is 9.18. The minimum atomic E-state index is -0.192. The van der Waals surface area contributed by atoms with Crippen molar-refractivity contribution in [1.82, 2.24) is 10.3 Å². The Kier molecular flexibility index (Phi) is 5.75. The molecule has 1 amide bonds. The molecule has 2 aromatic carbocycles. The average molecular weight is 369 g/mol. The fourth-order valence-electron chi connectivity index (χ4n) is 2.64. The van der Waals surface area contributed by atoms with Crippen LogP contribution >= 0.6 is 11.3 Å². The van der Waals surface area contributed by atoms with Crippen molar-refractivity contribution in [3.63, 3.8) is 0 Å². The van der Waals surface area contributed by atoms with Crippen LogP contribution in [0.2, 0.25) is 0 Å². The fourth-order valence-corrected chi connectivity index (χ4v) is 3.52. The van der Waals surface area contributed by atoms with Gasteiger partial charge in [0.15, 0.2) is 5.13 Å². The van der Waals surface area contributed by atoms with Crippen molar-refractivity contribution < 1.29 is 9.18 Å². The fraction of sp³-hybridized carbons (Fsp3) is 0.200. The number of benzene rings is 2. The molecule has 1 N–H and O–H groups in total. The molecule has 3 rings (SSSR count). The molecule has 26 heavy (non-hydrogen) atoms. The number of halogens is 1. The Morgan fingerprint density at radius 2 is 1.96 bits per heavy atom. The Morgan fingerprint density at radius 3 is 2.65 bits per heavy atom. The van der Waals surface area contributed by atoms with Crippen molar-refractivity contribution in [2.75, 3.05) is 4.90 Å². The molecule has 134 valence electrons. The maximum Gasteiger partial charge on any atom is 0.230 e. The van der Waals surface area contributed by atoms with E-state index in [0.717, 1.165) is 16.9 Å². The topological polar surface area (TPSA) is 45.2 Å². The van der Waals surface area contributed by atoms with E-state index in [2.05, 4.69) is 10.3 Å². The zero-order valence-corrected chi connectivity index (χ0v) is 15.5. The van der Waals surface area contributed by atoms with Crippen LogP contribution in [0.5, 0.6) is 0 Å². The van der Waals surface area contributed by atoms with E-state index in [1.54, 1.807) is 17.9 Å². The molecule has 0 atom stereocenters. The first-order valence-electron chi connectivity index (χ1n) is 8.30. The van der Waals surface area contributed by atoms with Crippen LogP contribution in [0.1, 0.15) is 23.7 Å². The Hall–Kier alpha value is -2.57. The third-order valence-corrected chi connectivity index (χ3v) is 4.79. The molecule has 0 saturated heterocycles. The van der Waals surface area contributed by atoms with Gasteiger partial charge in [0.1, 0.15) is 5.82 Å². The van der Waals surface area contributed by atoms with E-state index < -0.39 is 0 Å². The van der Waals surface area contributed by atoms with E-state index in [4.69, 9.17) is 0 Å². The van der Waals surface area contributed by atoms with Crippen molar-refractivity contribution in [3.05, 3.63) is 76.5 Å². The second-order valence-electron chi connectivity index (χ2n) is 6.00. The first-order chi connectivity index (χ1) is 12.5. The third-order valence-electron chi connectivity index (χ3n) is 3.92. The number of amides is 1. The van der Waals surface area contributed by atoms with Gasteiger partial charge in [-0.3, -0.25) is 9.69 Å². The van der Waals surface area contributed by atoms with E-state index in [1.807, 2.05) is 41.8 Å². The predicted octanol–water partition coefficient (Wildman–Crippen LogP) is 4.57. The van der Waals surface area contributed by atoms with Crippen molar-refractivity contribution in [3.8, 4) is 0 Å². The number of nitrogens with zero attached hydrogens (tertiary/aromatic N) is 2. The predicted molar refractivity (Wildman–Crippen MR) is 103 cm³/mol. The second kappa shape index (κ2) is 8.21. The summed E-state index contributed by atoms with van der Waals surface area (Å²) in [4.78, 5) is 18.2. The zero-order chi connectivity index (χ0) is 18.5. The molecule has 4 nitrogen and oxygen atoms in total. The van der Waals surface area contributed by atoms with Crippen molar-refractivity contribution in [1.29, 1.82) is 0 Å². The number of anilines is 2. The first kappa shape index (κ1) is 18.2. The van der Waals surface area contributed by atoms with Gasteiger partial charge in [0.05, 0.1) is 11.4 Å². The van der Waals surface area contributed by atoms with Crippen LogP contribution < -0.4 is 10.2 Å². The van der Waals surface area contributed by atoms with Gasteiger partial charge in [-0.15, -0.1) is 11.3 Å². The smallest absolute Gasteiger partial charge is 0.230 e.